The second kappa shape index (κ2) is 7.30. The highest BCUT2D eigenvalue weighted by Gasteiger charge is 2.22. The van der Waals surface area contributed by atoms with E-state index in [1.54, 1.807) is 6.07 Å². The number of aryl methyl sites for hydroxylation is 1. The maximum Gasteiger partial charge on any atom is 0.251 e. The number of rotatable bonds is 3. The molecule has 0 saturated carbocycles. The summed E-state index contributed by atoms with van der Waals surface area (Å²) in [6.07, 6.45) is 2.59. The van der Waals surface area contributed by atoms with Gasteiger partial charge in [-0.15, -0.1) is 0 Å². The molecule has 24 heavy (non-hydrogen) atoms. The summed E-state index contributed by atoms with van der Waals surface area (Å²) in [6, 6.07) is 15.3. The molecule has 124 valence electrons. The monoisotopic (exact) mass is 322 g/mol. The van der Waals surface area contributed by atoms with Crippen LogP contribution in [0, 0.1) is 6.92 Å². The molecule has 2 N–H and O–H groups in total. The zero-order valence-electron chi connectivity index (χ0n) is 13.8. The fourth-order valence-electron chi connectivity index (χ4n) is 2.98. The first-order valence-electron chi connectivity index (χ1n) is 8.39. The molecule has 0 radical (unpaired) electrons. The number of carbonyl (C=O) groups is 2. The van der Waals surface area contributed by atoms with Gasteiger partial charge in [0.15, 0.2) is 0 Å². The van der Waals surface area contributed by atoms with E-state index in [0.29, 0.717) is 18.5 Å². The van der Waals surface area contributed by atoms with Crippen molar-refractivity contribution in [3.8, 4) is 11.1 Å². The predicted octanol–water partition coefficient (Wildman–Crippen LogP) is 3.06. The lowest BCUT2D eigenvalue weighted by Gasteiger charge is -2.15. The summed E-state index contributed by atoms with van der Waals surface area (Å²) in [5.74, 6) is -0.290. The summed E-state index contributed by atoms with van der Waals surface area (Å²) in [4.78, 5) is 24.5. The molecular formula is C20H22N2O2. The Balaban J connectivity index is 1.78. The average molecular weight is 322 g/mol. The van der Waals surface area contributed by atoms with Gasteiger partial charge >= 0.3 is 0 Å². The smallest absolute Gasteiger partial charge is 0.251 e. The number of carbonyl (C=O) groups excluding carboxylic acids is 2. The van der Waals surface area contributed by atoms with Crippen molar-refractivity contribution in [2.24, 2.45) is 0 Å². The van der Waals surface area contributed by atoms with Gasteiger partial charge in [0.2, 0.25) is 5.91 Å². The Kier molecular flexibility index (Phi) is 4.94. The highest BCUT2D eigenvalue weighted by Crippen LogP contribution is 2.21. The number of benzene rings is 2. The Bertz CT molecular complexity index is 755. The molecule has 0 aromatic heterocycles. The van der Waals surface area contributed by atoms with Gasteiger partial charge in [0.25, 0.3) is 5.91 Å². The molecule has 1 aliphatic rings. The summed E-state index contributed by atoms with van der Waals surface area (Å²) in [5.41, 5.74) is 3.83. The molecular weight excluding hydrogens is 300 g/mol. The summed E-state index contributed by atoms with van der Waals surface area (Å²) in [5, 5.41) is 5.71. The van der Waals surface area contributed by atoms with Crippen molar-refractivity contribution in [1.29, 1.82) is 0 Å². The fourth-order valence-corrected chi connectivity index (χ4v) is 2.98. The lowest BCUT2D eigenvalue weighted by atomic mass is 10.0. The van der Waals surface area contributed by atoms with Gasteiger partial charge in [0, 0.05) is 12.1 Å². The summed E-state index contributed by atoms with van der Waals surface area (Å²) >= 11 is 0. The van der Waals surface area contributed by atoms with Crippen LogP contribution >= 0.6 is 0 Å². The van der Waals surface area contributed by atoms with Crippen molar-refractivity contribution in [2.75, 3.05) is 6.54 Å². The van der Waals surface area contributed by atoms with Crippen molar-refractivity contribution < 1.29 is 9.59 Å². The third-order valence-electron chi connectivity index (χ3n) is 4.32. The number of hydrogen-bond donors (Lipinski definition) is 2. The van der Waals surface area contributed by atoms with E-state index in [4.69, 9.17) is 0 Å². The standard InChI is InChI=1S/C20H22N2O2/c1-14-6-4-7-15(12-14)16-8-5-9-17(13-16)19(23)22-18-10-2-3-11-21-20(18)24/h4-9,12-13,18H,2-3,10-11H2,1H3,(H,21,24)(H,22,23). The normalized spacial score (nSPS) is 17.7. The number of amides is 2. The van der Waals surface area contributed by atoms with Crippen molar-refractivity contribution in [1.82, 2.24) is 10.6 Å². The van der Waals surface area contributed by atoms with E-state index in [9.17, 15) is 9.59 Å². The fraction of sp³-hybridized carbons (Fsp3) is 0.300. The second-order valence-electron chi connectivity index (χ2n) is 6.26. The van der Waals surface area contributed by atoms with Gasteiger partial charge in [0.1, 0.15) is 6.04 Å². The molecule has 4 nitrogen and oxygen atoms in total. The predicted molar refractivity (Wildman–Crippen MR) is 94.7 cm³/mol. The molecule has 1 unspecified atom stereocenters. The van der Waals surface area contributed by atoms with Crippen LogP contribution < -0.4 is 10.6 Å². The van der Waals surface area contributed by atoms with Crippen molar-refractivity contribution in [3.05, 3.63) is 59.7 Å². The summed E-state index contributed by atoms with van der Waals surface area (Å²) in [7, 11) is 0. The number of nitrogens with one attached hydrogen (secondary N) is 2. The third-order valence-corrected chi connectivity index (χ3v) is 4.32. The SMILES string of the molecule is Cc1cccc(-c2cccc(C(=O)NC3CCCCNC3=O)c2)c1. The van der Waals surface area contributed by atoms with E-state index in [0.717, 1.165) is 24.0 Å². The lowest BCUT2D eigenvalue weighted by Crippen LogP contribution is -2.45. The molecule has 2 amide bonds. The maximum atomic E-state index is 12.5. The van der Waals surface area contributed by atoms with Gasteiger partial charge in [-0.3, -0.25) is 9.59 Å². The Morgan fingerprint density at radius 3 is 2.62 bits per heavy atom. The second-order valence-corrected chi connectivity index (χ2v) is 6.26. The van der Waals surface area contributed by atoms with Crippen LogP contribution in [0.25, 0.3) is 11.1 Å². The van der Waals surface area contributed by atoms with Gasteiger partial charge < -0.3 is 10.6 Å². The zero-order valence-corrected chi connectivity index (χ0v) is 13.8. The highest BCUT2D eigenvalue weighted by atomic mass is 16.2. The van der Waals surface area contributed by atoms with Crippen LogP contribution in [0.15, 0.2) is 48.5 Å². The molecule has 1 saturated heterocycles. The van der Waals surface area contributed by atoms with E-state index >= 15 is 0 Å². The molecule has 0 spiro atoms. The molecule has 1 atom stereocenters. The summed E-state index contributed by atoms with van der Waals surface area (Å²) in [6.45, 7) is 2.73. The largest absolute Gasteiger partial charge is 0.354 e. The molecule has 1 fully saturated rings. The average Bonchev–Trinajstić information content (AvgIpc) is 2.80. The number of hydrogen-bond acceptors (Lipinski definition) is 2. The van der Waals surface area contributed by atoms with Crippen LogP contribution in [0.3, 0.4) is 0 Å². The quantitative estimate of drug-likeness (QED) is 0.912. The first-order valence-corrected chi connectivity index (χ1v) is 8.39. The topological polar surface area (TPSA) is 58.2 Å². The maximum absolute atomic E-state index is 12.5. The van der Waals surface area contributed by atoms with Crippen molar-refractivity contribution in [3.63, 3.8) is 0 Å². The van der Waals surface area contributed by atoms with E-state index in [-0.39, 0.29) is 11.8 Å². The van der Waals surface area contributed by atoms with Crippen molar-refractivity contribution >= 4 is 11.8 Å². The van der Waals surface area contributed by atoms with Crippen LogP contribution in [0.2, 0.25) is 0 Å². The van der Waals surface area contributed by atoms with E-state index < -0.39 is 6.04 Å². The van der Waals surface area contributed by atoms with Crippen LogP contribution in [0.5, 0.6) is 0 Å². The third kappa shape index (κ3) is 3.82. The first-order chi connectivity index (χ1) is 11.6. The van der Waals surface area contributed by atoms with Gasteiger partial charge in [-0.05, 0) is 49.4 Å². The molecule has 0 bridgehead atoms. The minimum Gasteiger partial charge on any atom is -0.354 e. The van der Waals surface area contributed by atoms with Gasteiger partial charge in [0.05, 0.1) is 0 Å². The Morgan fingerprint density at radius 2 is 1.83 bits per heavy atom. The molecule has 4 heteroatoms. The molecule has 1 aliphatic heterocycles. The molecule has 2 aromatic rings. The van der Waals surface area contributed by atoms with Crippen LogP contribution in [0.4, 0.5) is 0 Å². The molecule has 0 aliphatic carbocycles. The lowest BCUT2D eigenvalue weighted by molar-refractivity contribution is -0.122. The minimum atomic E-state index is -0.442. The van der Waals surface area contributed by atoms with E-state index in [2.05, 4.69) is 16.7 Å². The Labute approximate surface area is 142 Å². The first kappa shape index (κ1) is 16.2. The van der Waals surface area contributed by atoms with Gasteiger partial charge in [-0.2, -0.15) is 0 Å². The minimum absolute atomic E-state index is 0.0873. The van der Waals surface area contributed by atoms with Crippen LogP contribution in [-0.4, -0.2) is 24.4 Å². The van der Waals surface area contributed by atoms with E-state index in [1.165, 1.54) is 5.56 Å². The van der Waals surface area contributed by atoms with Gasteiger partial charge in [-0.1, -0.05) is 42.0 Å². The Hall–Kier alpha value is -2.62. The zero-order chi connectivity index (χ0) is 16.9. The van der Waals surface area contributed by atoms with Gasteiger partial charge in [-0.25, -0.2) is 0 Å². The molecule has 3 rings (SSSR count). The highest BCUT2D eigenvalue weighted by molar-refractivity contribution is 5.98. The molecule has 2 aromatic carbocycles. The van der Waals surface area contributed by atoms with Crippen molar-refractivity contribution in [2.45, 2.75) is 32.2 Å². The Morgan fingerprint density at radius 1 is 1.08 bits per heavy atom. The molecule has 1 heterocycles. The van der Waals surface area contributed by atoms with Crippen LogP contribution in [0.1, 0.15) is 35.2 Å². The van der Waals surface area contributed by atoms with Crippen LogP contribution in [-0.2, 0) is 4.79 Å². The summed E-state index contributed by atoms with van der Waals surface area (Å²) < 4.78 is 0. The van der Waals surface area contributed by atoms with E-state index in [1.807, 2.05) is 43.3 Å².